The van der Waals surface area contributed by atoms with Crippen molar-refractivity contribution >= 4 is 23.4 Å². The van der Waals surface area contributed by atoms with Gasteiger partial charge in [0.05, 0.1) is 25.7 Å². The minimum absolute atomic E-state index is 0.160. The molecule has 2 aromatic carbocycles. The highest BCUT2D eigenvalue weighted by molar-refractivity contribution is 7.99. The molecule has 0 radical (unpaired) electrons. The molecule has 0 aliphatic carbocycles. The summed E-state index contributed by atoms with van der Waals surface area (Å²) in [6.45, 7) is 0. The van der Waals surface area contributed by atoms with Crippen molar-refractivity contribution in [2.75, 3.05) is 25.3 Å². The summed E-state index contributed by atoms with van der Waals surface area (Å²) in [7, 11) is 3.09. The normalized spacial score (nSPS) is 10.5. The van der Waals surface area contributed by atoms with Crippen LogP contribution in [-0.2, 0) is 4.79 Å². The van der Waals surface area contributed by atoms with Crippen LogP contribution >= 0.6 is 11.8 Å². The van der Waals surface area contributed by atoms with Crippen molar-refractivity contribution in [3.8, 4) is 17.2 Å². The molecule has 0 spiro atoms. The number of thioether (sulfide) groups is 1. The van der Waals surface area contributed by atoms with Gasteiger partial charge in [0.25, 0.3) is 0 Å². The fourth-order valence-electron chi connectivity index (χ4n) is 2.41. The number of halogens is 1. The molecule has 3 aromatic rings. The lowest BCUT2D eigenvalue weighted by Gasteiger charge is -2.12. The third kappa shape index (κ3) is 4.59. The molecule has 0 aliphatic rings. The SMILES string of the molecule is COc1ccc(NC(=O)CSc2nccn2-c2ccc(F)cc2)c(OC)c1. The van der Waals surface area contributed by atoms with Crippen molar-refractivity contribution in [1.29, 1.82) is 0 Å². The summed E-state index contributed by atoms with van der Waals surface area (Å²) in [4.78, 5) is 16.6. The van der Waals surface area contributed by atoms with E-state index in [1.807, 2.05) is 0 Å². The van der Waals surface area contributed by atoms with Gasteiger partial charge in [0.2, 0.25) is 5.91 Å². The van der Waals surface area contributed by atoms with Crippen LogP contribution in [0.1, 0.15) is 0 Å². The van der Waals surface area contributed by atoms with Gasteiger partial charge in [0, 0.05) is 24.1 Å². The lowest BCUT2D eigenvalue weighted by Crippen LogP contribution is -2.15. The third-order valence-electron chi connectivity index (χ3n) is 3.73. The van der Waals surface area contributed by atoms with E-state index in [-0.39, 0.29) is 17.5 Å². The molecule has 1 N–H and O–H groups in total. The van der Waals surface area contributed by atoms with E-state index in [1.165, 1.54) is 31.0 Å². The zero-order valence-electron chi connectivity index (χ0n) is 14.8. The predicted octanol–water partition coefficient (Wildman–Crippen LogP) is 3.76. The Balaban J connectivity index is 1.65. The minimum Gasteiger partial charge on any atom is -0.497 e. The first kappa shape index (κ1) is 18.8. The van der Waals surface area contributed by atoms with Crippen molar-refractivity contribution in [3.05, 3.63) is 60.7 Å². The summed E-state index contributed by atoms with van der Waals surface area (Å²) in [6.07, 6.45) is 3.40. The topological polar surface area (TPSA) is 65.4 Å². The van der Waals surface area contributed by atoms with Crippen molar-refractivity contribution in [3.63, 3.8) is 0 Å². The van der Waals surface area contributed by atoms with Crippen molar-refractivity contribution in [1.82, 2.24) is 9.55 Å². The number of amides is 1. The first-order valence-electron chi connectivity index (χ1n) is 8.04. The molecule has 1 aromatic heterocycles. The number of nitrogens with zero attached hydrogens (tertiary/aromatic N) is 2. The maximum absolute atomic E-state index is 13.1. The number of rotatable bonds is 7. The van der Waals surface area contributed by atoms with Gasteiger partial charge in [-0.3, -0.25) is 9.36 Å². The number of imidazole rings is 1. The van der Waals surface area contributed by atoms with Crippen molar-refractivity contribution in [2.24, 2.45) is 0 Å². The molecule has 0 saturated carbocycles. The van der Waals surface area contributed by atoms with Gasteiger partial charge in [0.15, 0.2) is 5.16 Å². The number of hydrogen-bond donors (Lipinski definition) is 1. The summed E-state index contributed by atoms with van der Waals surface area (Å²) < 4.78 is 25.3. The van der Waals surface area contributed by atoms with Crippen LogP contribution in [-0.4, -0.2) is 35.4 Å². The van der Waals surface area contributed by atoms with E-state index in [0.29, 0.717) is 22.3 Å². The number of benzene rings is 2. The first-order chi connectivity index (χ1) is 13.1. The highest BCUT2D eigenvalue weighted by Gasteiger charge is 2.12. The molecule has 140 valence electrons. The van der Waals surface area contributed by atoms with E-state index >= 15 is 0 Å². The Morgan fingerprint density at radius 1 is 1.19 bits per heavy atom. The fraction of sp³-hybridized carbons (Fsp3) is 0.158. The van der Waals surface area contributed by atoms with Crippen LogP contribution in [0.3, 0.4) is 0 Å². The molecular formula is C19H18FN3O3S. The summed E-state index contributed by atoms with van der Waals surface area (Å²) >= 11 is 1.28. The summed E-state index contributed by atoms with van der Waals surface area (Å²) in [5.74, 6) is 0.812. The Hall–Kier alpha value is -3.00. The largest absolute Gasteiger partial charge is 0.497 e. The molecule has 1 amide bonds. The van der Waals surface area contributed by atoms with E-state index in [0.717, 1.165) is 5.69 Å². The Morgan fingerprint density at radius 3 is 2.67 bits per heavy atom. The lowest BCUT2D eigenvalue weighted by molar-refractivity contribution is -0.113. The third-order valence-corrected chi connectivity index (χ3v) is 4.69. The number of ether oxygens (including phenoxy) is 2. The number of hydrogen-bond acceptors (Lipinski definition) is 5. The van der Waals surface area contributed by atoms with E-state index in [9.17, 15) is 9.18 Å². The van der Waals surface area contributed by atoms with Crippen LogP contribution in [0.15, 0.2) is 60.0 Å². The Kier molecular flexibility index (Phi) is 5.97. The predicted molar refractivity (Wildman–Crippen MR) is 102 cm³/mol. The van der Waals surface area contributed by atoms with E-state index in [2.05, 4.69) is 10.3 Å². The van der Waals surface area contributed by atoms with Gasteiger partial charge in [-0.05, 0) is 36.4 Å². The molecule has 8 heteroatoms. The van der Waals surface area contributed by atoms with Gasteiger partial charge in [-0.25, -0.2) is 9.37 Å². The zero-order valence-corrected chi connectivity index (χ0v) is 15.6. The maximum atomic E-state index is 13.1. The van der Waals surface area contributed by atoms with E-state index < -0.39 is 0 Å². The Labute approximate surface area is 160 Å². The van der Waals surface area contributed by atoms with Gasteiger partial charge in [-0.1, -0.05) is 11.8 Å². The van der Waals surface area contributed by atoms with Crippen LogP contribution in [0.5, 0.6) is 11.5 Å². The number of carbonyl (C=O) groups excluding carboxylic acids is 1. The van der Waals surface area contributed by atoms with Crippen LogP contribution in [0, 0.1) is 5.82 Å². The molecule has 1 heterocycles. The molecule has 0 bridgehead atoms. The number of aromatic nitrogens is 2. The van der Waals surface area contributed by atoms with Gasteiger partial charge < -0.3 is 14.8 Å². The quantitative estimate of drug-likeness (QED) is 0.626. The molecule has 0 atom stereocenters. The van der Waals surface area contributed by atoms with Gasteiger partial charge in [-0.15, -0.1) is 0 Å². The van der Waals surface area contributed by atoms with Crippen molar-refractivity contribution in [2.45, 2.75) is 5.16 Å². The molecule has 0 fully saturated rings. The number of nitrogens with one attached hydrogen (secondary N) is 1. The monoisotopic (exact) mass is 387 g/mol. The van der Waals surface area contributed by atoms with Crippen molar-refractivity contribution < 1.29 is 18.7 Å². The molecule has 3 rings (SSSR count). The Bertz CT molecular complexity index is 928. The zero-order chi connectivity index (χ0) is 19.2. The number of carbonyl (C=O) groups is 1. The molecule has 27 heavy (non-hydrogen) atoms. The first-order valence-corrected chi connectivity index (χ1v) is 9.03. The van der Waals surface area contributed by atoms with Crippen LogP contribution in [0.2, 0.25) is 0 Å². The minimum atomic E-state index is -0.305. The molecular weight excluding hydrogens is 369 g/mol. The smallest absolute Gasteiger partial charge is 0.234 e. The summed E-state index contributed by atoms with van der Waals surface area (Å²) in [5, 5.41) is 3.45. The average molecular weight is 387 g/mol. The van der Waals surface area contributed by atoms with Crippen LogP contribution in [0.4, 0.5) is 10.1 Å². The number of methoxy groups -OCH3 is 2. The molecule has 0 unspecified atom stereocenters. The number of anilines is 1. The van der Waals surface area contributed by atoms with Gasteiger partial charge >= 0.3 is 0 Å². The van der Waals surface area contributed by atoms with Gasteiger partial charge in [-0.2, -0.15) is 0 Å². The highest BCUT2D eigenvalue weighted by Crippen LogP contribution is 2.29. The lowest BCUT2D eigenvalue weighted by atomic mass is 10.2. The fourth-order valence-corrected chi connectivity index (χ4v) is 3.19. The second-order valence-electron chi connectivity index (χ2n) is 5.46. The van der Waals surface area contributed by atoms with E-state index in [4.69, 9.17) is 9.47 Å². The molecule has 0 aliphatic heterocycles. The molecule has 0 saturated heterocycles. The summed E-state index contributed by atoms with van der Waals surface area (Å²) in [5.41, 5.74) is 1.33. The second kappa shape index (κ2) is 8.59. The Morgan fingerprint density at radius 2 is 1.96 bits per heavy atom. The van der Waals surface area contributed by atoms with Crippen LogP contribution in [0.25, 0.3) is 5.69 Å². The maximum Gasteiger partial charge on any atom is 0.234 e. The average Bonchev–Trinajstić information content (AvgIpc) is 3.16. The van der Waals surface area contributed by atoms with Gasteiger partial charge in [0.1, 0.15) is 17.3 Å². The van der Waals surface area contributed by atoms with E-state index in [1.54, 1.807) is 54.4 Å². The summed E-state index contributed by atoms with van der Waals surface area (Å²) in [6, 6.07) is 11.2. The highest BCUT2D eigenvalue weighted by atomic mass is 32.2. The second-order valence-corrected chi connectivity index (χ2v) is 6.40. The molecule has 6 nitrogen and oxygen atoms in total. The standard InChI is InChI=1S/C19H18FN3O3S/c1-25-15-7-8-16(17(11-15)26-2)22-18(24)12-27-19-21-9-10-23(19)14-5-3-13(20)4-6-14/h3-11H,12H2,1-2H3,(H,22,24). The van der Waals surface area contributed by atoms with Crippen LogP contribution < -0.4 is 14.8 Å².